The molecule has 146 valence electrons. The molecule has 0 aliphatic heterocycles. The van der Waals surface area contributed by atoms with E-state index in [2.05, 4.69) is 11.9 Å². The number of fused-ring (bicyclic) bond motifs is 1. The number of para-hydroxylation sites is 1. The normalized spacial score (nSPS) is 12.1. The Labute approximate surface area is 168 Å². The Morgan fingerprint density at radius 2 is 2.07 bits per heavy atom. The standard InChI is InChI=1S/C21H23N3O3S/c1-3-4-11-18(20(26)27-2)28-21-23-17-10-6-5-9-16(17)19(25)24(21)14-15-8-7-12-22-13-15/h5-10,12-13,18H,3-4,11,14H2,1-2H3. The number of esters is 1. The van der Waals surface area contributed by atoms with Crippen LogP contribution in [0.3, 0.4) is 0 Å². The Morgan fingerprint density at radius 3 is 2.79 bits per heavy atom. The van der Waals surface area contributed by atoms with Gasteiger partial charge in [-0.3, -0.25) is 19.1 Å². The van der Waals surface area contributed by atoms with Crippen LogP contribution in [0.4, 0.5) is 0 Å². The molecule has 0 N–H and O–H groups in total. The fourth-order valence-electron chi connectivity index (χ4n) is 2.92. The van der Waals surface area contributed by atoms with Crippen LogP contribution in [0.15, 0.2) is 58.7 Å². The van der Waals surface area contributed by atoms with Gasteiger partial charge in [0.1, 0.15) is 5.25 Å². The SMILES string of the molecule is CCCCC(Sc1nc2ccccc2c(=O)n1Cc1cccnc1)C(=O)OC. The summed E-state index contributed by atoms with van der Waals surface area (Å²) in [6, 6.07) is 11.0. The average Bonchev–Trinajstić information content (AvgIpc) is 2.73. The molecule has 1 aromatic carbocycles. The van der Waals surface area contributed by atoms with Crippen LogP contribution in [0, 0.1) is 0 Å². The lowest BCUT2D eigenvalue weighted by atomic mass is 10.2. The second-order valence-corrected chi connectivity index (χ2v) is 7.61. The van der Waals surface area contributed by atoms with Gasteiger partial charge in [-0.2, -0.15) is 0 Å². The lowest BCUT2D eigenvalue weighted by Crippen LogP contribution is -2.26. The van der Waals surface area contributed by atoms with Crippen LogP contribution in [-0.2, 0) is 16.1 Å². The van der Waals surface area contributed by atoms with Crippen molar-refractivity contribution in [3.8, 4) is 0 Å². The minimum atomic E-state index is -0.404. The van der Waals surface area contributed by atoms with Crippen LogP contribution < -0.4 is 5.56 Å². The summed E-state index contributed by atoms with van der Waals surface area (Å²) in [5, 5.41) is 0.663. The molecule has 1 unspecified atom stereocenters. The maximum atomic E-state index is 13.2. The third-order valence-electron chi connectivity index (χ3n) is 4.42. The molecule has 3 rings (SSSR count). The van der Waals surface area contributed by atoms with E-state index in [0.717, 1.165) is 18.4 Å². The average molecular weight is 398 g/mol. The van der Waals surface area contributed by atoms with Gasteiger partial charge in [0.2, 0.25) is 0 Å². The van der Waals surface area contributed by atoms with Gasteiger partial charge in [-0.15, -0.1) is 0 Å². The van der Waals surface area contributed by atoms with Crippen molar-refractivity contribution in [3.05, 3.63) is 64.7 Å². The zero-order valence-electron chi connectivity index (χ0n) is 16.0. The Balaban J connectivity index is 2.06. The molecule has 2 aromatic heterocycles. The highest BCUT2D eigenvalue weighted by atomic mass is 32.2. The number of methoxy groups -OCH3 is 1. The van der Waals surface area contributed by atoms with E-state index in [-0.39, 0.29) is 11.5 Å². The van der Waals surface area contributed by atoms with E-state index in [1.807, 2.05) is 30.3 Å². The molecule has 28 heavy (non-hydrogen) atoms. The van der Waals surface area contributed by atoms with E-state index in [0.29, 0.717) is 29.0 Å². The molecule has 0 aliphatic carbocycles. The summed E-state index contributed by atoms with van der Waals surface area (Å²) in [5.41, 5.74) is 1.39. The monoisotopic (exact) mass is 397 g/mol. The first-order valence-electron chi connectivity index (χ1n) is 9.27. The molecule has 0 spiro atoms. The molecular formula is C21H23N3O3S. The van der Waals surface area contributed by atoms with Crippen LogP contribution in [0.2, 0.25) is 0 Å². The van der Waals surface area contributed by atoms with Crippen LogP contribution in [0.25, 0.3) is 10.9 Å². The van der Waals surface area contributed by atoms with Crippen molar-refractivity contribution < 1.29 is 9.53 Å². The molecule has 6 nitrogen and oxygen atoms in total. The van der Waals surface area contributed by atoms with E-state index >= 15 is 0 Å². The second kappa shape index (κ2) is 9.50. The number of nitrogens with zero attached hydrogens (tertiary/aromatic N) is 3. The molecule has 0 saturated heterocycles. The maximum absolute atomic E-state index is 13.2. The summed E-state index contributed by atoms with van der Waals surface area (Å²) in [4.78, 5) is 34.3. The van der Waals surface area contributed by atoms with Crippen molar-refractivity contribution >= 4 is 28.6 Å². The molecule has 0 fully saturated rings. The number of carbonyl (C=O) groups is 1. The summed E-state index contributed by atoms with van der Waals surface area (Å²) in [6.07, 6.45) is 5.96. The van der Waals surface area contributed by atoms with Crippen LogP contribution >= 0.6 is 11.8 Å². The summed E-state index contributed by atoms with van der Waals surface area (Å²) >= 11 is 1.29. The van der Waals surface area contributed by atoms with Crippen LogP contribution in [0.5, 0.6) is 0 Å². The van der Waals surface area contributed by atoms with Gasteiger partial charge in [0.25, 0.3) is 5.56 Å². The van der Waals surface area contributed by atoms with Gasteiger partial charge in [-0.25, -0.2) is 4.98 Å². The molecule has 2 heterocycles. The molecular weight excluding hydrogens is 374 g/mol. The Kier molecular flexibility index (Phi) is 6.81. The number of aromatic nitrogens is 3. The number of hydrogen-bond acceptors (Lipinski definition) is 6. The van der Waals surface area contributed by atoms with Crippen molar-refractivity contribution in [1.82, 2.24) is 14.5 Å². The molecule has 0 radical (unpaired) electrons. The summed E-state index contributed by atoms with van der Waals surface area (Å²) in [7, 11) is 1.39. The van der Waals surface area contributed by atoms with E-state index in [4.69, 9.17) is 9.72 Å². The quantitative estimate of drug-likeness (QED) is 0.328. The predicted octanol–water partition coefficient (Wildman–Crippen LogP) is 3.66. The lowest BCUT2D eigenvalue weighted by molar-refractivity contribution is -0.140. The third-order valence-corrected chi connectivity index (χ3v) is 5.66. The maximum Gasteiger partial charge on any atom is 0.319 e. The van der Waals surface area contributed by atoms with Gasteiger partial charge in [-0.05, 0) is 30.2 Å². The van der Waals surface area contributed by atoms with Gasteiger partial charge in [0, 0.05) is 12.4 Å². The van der Waals surface area contributed by atoms with Crippen molar-refractivity contribution in [2.45, 2.75) is 43.1 Å². The molecule has 0 aliphatic rings. The number of benzene rings is 1. The van der Waals surface area contributed by atoms with E-state index in [1.165, 1.54) is 18.9 Å². The number of unbranched alkanes of at least 4 members (excludes halogenated alkanes) is 1. The molecule has 3 aromatic rings. The van der Waals surface area contributed by atoms with E-state index in [1.54, 1.807) is 23.0 Å². The summed E-state index contributed by atoms with van der Waals surface area (Å²) in [5.74, 6) is -0.297. The lowest BCUT2D eigenvalue weighted by Gasteiger charge is -2.17. The molecule has 7 heteroatoms. The summed E-state index contributed by atoms with van der Waals surface area (Å²) < 4.78 is 6.59. The minimum Gasteiger partial charge on any atom is -0.468 e. The number of thioether (sulfide) groups is 1. The molecule has 0 bridgehead atoms. The fraction of sp³-hybridized carbons (Fsp3) is 0.333. The van der Waals surface area contributed by atoms with Crippen molar-refractivity contribution in [3.63, 3.8) is 0 Å². The number of rotatable bonds is 8. The summed E-state index contributed by atoms with van der Waals surface area (Å²) in [6.45, 7) is 2.42. The van der Waals surface area contributed by atoms with Crippen molar-refractivity contribution in [2.75, 3.05) is 7.11 Å². The molecule has 0 saturated carbocycles. The number of carbonyl (C=O) groups excluding carboxylic acids is 1. The van der Waals surface area contributed by atoms with Crippen molar-refractivity contribution in [2.24, 2.45) is 0 Å². The predicted molar refractivity (Wildman–Crippen MR) is 111 cm³/mol. The first-order chi connectivity index (χ1) is 13.6. The van der Waals surface area contributed by atoms with Gasteiger partial charge < -0.3 is 4.74 Å². The number of pyridine rings is 1. The first kappa shape index (κ1) is 20.1. The van der Waals surface area contributed by atoms with E-state index < -0.39 is 5.25 Å². The Hall–Kier alpha value is -2.67. The molecule has 1 atom stereocenters. The number of ether oxygens (including phenoxy) is 1. The molecule has 0 amide bonds. The van der Waals surface area contributed by atoms with Gasteiger partial charge in [0.05, 0.1) is 24.6 Å². The second-order valence-electron chi connectivity index (χ2n) is 6.44. The first-order valence-corrected chi connectivity index (χ1v) is 10.1. The van der Waals surface area contributed by atoms with E-state index in [9.17, 15) is 9.59 Å². The van der Waals surface area contributed by atoms with Gasteiger partial charge >= 0.3 is 5.97 Å². The topological polar surface area (TPSA) is 74.1 Å². The fourth-order valence-corrected chi connectivity index (χ4v) is 4.08. The van der Waals surface area contributed by atoms with Crippen molar-refractivity contribution in [1.29, 1.82) is 0 Å². The smallest absolute Gasteiger partial charge is 0.319 e. The van der Waals surface area contributed by atoms with Gasteiger partial charge in [-0.1, -0.05) is 49.7 Å². The Bertz CT molecular complexity index is 1000. The van der Waals surface area contributed by atoms with Crippen LogP contribution in [-0.4, -0.2) is 32.9 Å². The third kappa shape index (κ3) is 4.59. The number of hydrogen-bond donors (Lipinski definition) is 0. The zero-order valence-corrected chi connectivity index (χ0v) is 16.8. The highest BCUT2D eigenvalue weighted by molar-refractivity contribution is 8.00. The van der Waals surface area contributed by atoms with Crippen LogP contribution in [0.1, 0.15) is 31.7 Å². The van der Waals surface area contributed by atoms with Gasteiger partial charge in [0.15, 0.2) is 5.16 Å². The highest BCUT2D eigenvalue weighted by Gasteiger charge is 2.23. The highest BCUT2D eigenvalue weighted by Crippen LogP contribution is 2.27. The zero-order chi connectivity index (χ0) is 19.9. The Morgan fingerprint density at radius 1 is 1.25 bits per heavy atom. The minimum absolute atomic E-state index is 0.129. The largest absolute Gasteiger partial charge is 0.468 e.